The molecule has 0 atom stereocenters. The van der Waals surface area contributed by atoms with Crippen LogP contribution in [-0.2, 0) is 9.59 Å². The van der Waals surface area contributed by atoms with E-state index in [0.29, 0.717) is 13.1 Å². The molecule has 7 heteroatoms. The van der Waals surface area contributed by atoms with Gasteiger partial charge in [-0.15, -0.1) is 0 Å². The van der Waals surface area contributed by atoms with Crippen LogP contribution in [0.25, 0.3) is 5.69 Å². The molecule has 2 rings (SSSR count). The Balaban J connectivity index is 2.06. The van der Waals surface area contributed by atoms with Crippen molar-refractivity contribution in [2.24, 2.45) is 0 Å². The Morgan fingerprint density at radius 1 is 1.27 bits per heavy atom. The monoisotopic (exact) mass is 374 g/mol. The molecule has 0 saturated heterocycles. The van der Waals surface area contributed by atoms with Gasteiger partial charge in [0.15, 0.2) is 5.16 Å². The van der Waals surface area contributed by atoms with Crippen LogP contribution in [0.5, 0.6) is 0 Å². The molecule has 1 heterocycles. The Kier molecular flexibility index (Phi) is 7.26. The van der Waals surface area contributed by atoms with E-state index in [4.69, 9.17) is 0 Å². The summed E-state index contributed by atoms with van der Waals surface area (Å²) in [7, 11) is 0. The zero-order valence-corrected chi connectivity index (χ0v) is 16.6. The van der Waals surface area contributed by atoms with E-state index in [0.717, 1.165) is 16.4 Å². The lowest BCUT2D eigenvalue weighted by molar-refractivity contribution is -0.133. The lowest BCUT2D eigenvalue weighted by Gasteiger charge is -2.20. The summed E-state index contributed by atoms with van der Waals surface area (Å²) in [6.07, 6.45) is 3.64. The number of carbonyl (C=O) groups is 2. The third-order valence-electron chi connectivity index (χ3n) is 4.00. The molecule has 0 aliphatic carbocycles. The van der Waals surface area contributed by atoms with E-state index in [2.05, 4.69) is 42.3 Å². The van der Waals surface area contributed by atoms with Crippen molar-refractivity contribution in [2.75, 3.05) is 25.4 Å². The number of aromatic nitrogens is 2. The van der Waals surface area contributed by atoms with Gasteiger partial charge in [0.05, 0.1) is 18.0 Å². The molecule has 0 fully saturated rings. The highest BCUT2D eigenvalue weighted by Gasteiger charge is 2.17. The molecule has 0 saturated carbocycles. The molecule has 1 N–H and O–H groups in total. The van der Waals surface area contributed by atoms with Crippen LogP contribution in [0.15, 0.2) is 35.7 Å². The first kappa shape index (κ1) is 20.0. The number of hydrogen-bond donors (Lipinski definition) is 1. The van der Waals surface area contributed by atoms with Gasteiger partial charge in [0.2, 0.25) is 11.8 Å². The predicted octanol–water partition coefficient (Wildman–Crippen LogP) is 2.57. The molecule has 0 aliphatic heterocycles. The first-order valence-corrected chi connectivity index (χ1v) is 9.73. The fraction of sp³-hybridized carbons (Fsp3) is 0.421. The molecule has 1 aromatic heterocycles. The average Bonchev–Trinajstić information content (AvgIpc) is 3.08. The number of benzene rings is 1. The average molecular weight is 375 g/mol. The van der Waals surface area contributed by atoms with Crippen LogP contribution in [-0.4, -0.2) is 51.7 Å². The first-order chi connectivity index (χ1) is 12.5. The van der Waals surface area contributed by atoms with Crippen molar-refractivity contribution < 1.29 is 9.59 Å². The van der Waals surface area contributed by atoms with Crippen molar-refractivity contribution in [1.82, 2.24) is 19.8 Å². The van der Waals surface area contributed by atoms with E-state index >= 15 is 0 Å². The number of likely N-dealkylation sites (N-methyl/N-ethyl adjacent to an activating group) is 2. The Bertz CT molecular complexity index is 773. The molecule has 2 amide bonds. The SMILES string of the molecule is CCNC(=O)CN(CC)C(=O)CSc1nccn1-c1cc(C)ccc1C. The highest BCUT2D eigenvalue weighted by Crippen LogP contribution is 2.23. The van der Waals surface area contributed by atoms with Gasteiger partial charge < -0.3 is 10.2 Å². The highest BCUT2D eigenvalue weighted by atomic mass is 32.2. The second-order valence-electron chi connectivity index (χ2n) is 6.02. The van der Waals surface area contributed by atoms with Gasteiger partial charge >= 0.3 is 0 Å². The van der Waals surface area contributed by atoms with E-state index in [1.54, 1.807) is 11.1 Å². The molecular formula is C19H26N4O2S. The number of nitrogens with zero attached hydrogens (tertiary/aromatic N) is 3. The van der Waals surface area contributed by atoms with Crippen molar-refractivity contribution >= 4 is 23.6 Å². The van der Waals surface area contributed by atoms with Crippen molar-refractivity contribution in [1.29, 1.82) is 0 Å². The molecule has 6 nitrogen and oxygen atoms in total. The van der Waals surface area contributed by atoms with Gasteiger partial charge in [-0.1, -0.05) is 23.9 Å². The minimum absolute atomic E-state index is 0.0701. The summed E-state index contributed by atoms with van der Waals surface area (Å²) in [6.45, 7) is 9.00. The summed E-state index contributed by atoms with van der Waals surface area (Å²) in [6, 6.07) is 6.26. The number of amides is 2. The Morgan fingerprint density at radius 2 is 2.04 bits per heavy atom. The highest BCUT2D eigenvalue weighted by molar-refractivity contribution is 7.99. The fourth-order valence-corrected chi connectivity index (χ4v) is 3.45. The summed E-state index contributed by atoms with van der Waals surface area (Å²) in [4.78, 5) is 30.1. The van der Waals surface area contributed by atoms with Gasteiger partial charge in [0.25, 0.3) is 0 Å². The molecular weight excluding hydrogens is 348 g/mol. The van der Waals surface area contributed by atoms with Crippen LogP contribution in [0.3, 0.4) is 0 Å². The topological polar surface area (TPSA) is 67.2 Å². The first-order valence-electron chi connectivity index (χ1n) is 8.74. The Labute approximate surface area is 159 Å². The number of hydrogen-bond acceptors (Lipinski definition) is 4. The van der Waals surface area contributed by atoms with E-state index < -0.39 is 0 Å². The number of thioether (sulfide) groups is 1. The van der Waals surface area contributed by atoms with Gasteiger partial charge in [-0.05, 0) is 44.9 Å². The number of aryl methyl sites for hydroxylation is 2. The standard InChI is InChI=1S/C19H26N4O2S/c1-5-20-17(24)12-22(6-2)18(25)13-26-19-21-9-10-23(19)16-11-14(3)7-8-15(16)4/h7-11H,5-6,12-13H2,1-4H3,(H,20,24). The zero-order chi connectivity index (χ0) is 19.1. The molecule has 140 valence electrons. The van der Waals surface area contributed by atoms with Gasteiger partial charge in [-0.25, -0.2) is 4.98 Å². The van der Waals surface area contributed by atoms with Gasteiger partial charge in [0, 0.05) is 25.5 Å². The van der Waals surface area contributed by atoms with Crippen molar-refractivity contribution in [3.63, 3.8) is 0 Å². The largest absolute Gasteiger partial charge is 0.355 e. The lowest BCUT2D eigenvalue weighted by atomic mass is 10.1. The fourth-order valence-electron chi connectivity index (χ4n) is 2.58. The maximum absolute atomic E-state index is 12.5. The van der Waals surface area contributed by atoms with E-state index in [1.165, 1.54) is 17.3 Å². The zero-order valence-electron chi connectivity index (χ0n) is 15.8. The minimum Gasteiger partial charge on any atom is -0.355 e. The third-order valence-corrected chi connectivity index (χ3v) is 4.95. The minimum atomic E-state index is -0.135. The van der Waals surface area contributed by atoms with E-state index in [9.17, 15) is 9.59 Å². The predicted molar refractivity (Wildman–Crippen MR) is 105 cm³/mol. The molecule has 1 aromatic carbocycles. The van der Waals surface area contributed by atoms with Gasteiger partial charge in [0.1, 0.15) is 0 Å². The summed E-state index contributed by atoms with van der Waals surface area (Å²) in [5.74, 6) is 0.0404. The molecule has 0 bridgehead atoms. The number of rotatable bonds is 8. The summed E-state index contributed by atoms with van der Waals surface area (Å²) in [5.41, 5.74) is 3.38. The molecule has 0 spiro atoms. The second-order valence-corrected chi connectivity index (χ2v) is 6.96. The van der Waals surface area contributed by atoms with E-state index in [-0.39, 0.29) is 24.1 Å². The second kappa shape index (κ2) is 9.43. The molecule has 0 aliphatic rings. The number of carbonyl (C=O) groups excluding carboxylic acids is 2. The smallest absolute Gasteiger partial charge is 0.239 e. The maximum atomic E-state index is 12.5. The number of imidazole rings is 1. The van der Waals surface area contributed by atoms with Crippen molar-refractivity contribution in [3.05, 3.63) is 41.7 Å². The molecule has 0 radical (unpaired) electrons. The van der Waals surface area contributed by atoms with Crippen LogP contribution >= 0.6 is 11.8 Å². The molecule has 0 unspecified atom stereocenters. The van der Waals surface area contributed by atoms with Crippen molar-refractivity contribution in [2.45, 2.75) is 32.9 Å². The van der Waals surface area contributed by atoms with Crippen LogP contribution in [0.1, 0.15) is 25.0 Å². The lowest BCUT2D eigenvalue weighted by Crippen LogP contribution is -2.41. The third kappa shape index (κ3) is 5.11. The van der Waals surface area contributed by atoms with Crippen LogP contribution < -0.4 is 5.32 Å². The van der Waals surface area contributed by atoms with Crippen LogP contribution in [0.2, 0.25) is 0 Å². The van der Waals surface area contributed by atoms with Crippen LogP contribution in [0.4, 0.5) is 0 Å². The van der Waals surface area contributed by atoms with Gasteiger partial charge in [-0.2, -0.15) is 0 Å². The molecule has 2 aromatic rings. The maximum Gasteiger partial charge on any atom is 0.239 e. The normalized spacial score (nSPS) is 10.6. The Hall–Kier alpha value is -2.28. The molecule has 26 heavy (non-hydrogen) atoms. The summed E-state index contributed by atoms with van der Waals surface area (Å²) < 4.78 is 2.00. The van der Waals surface area contributed by atoms with Crippen LogP contribution in [0, 0.1) is 13.8 Å². The summed E-state index contributed by atoms with van der Waals surface area (Å²) >= 11 is 1.38. The van der Waals surface area contributed by atoms with E-state index in [1.807, 2.05) is 24.6 Å². The summed E-state index contributed by atoms with van der Waals surface area (Å²) in [5, 5.41) is 3.49. The Morgan fingerprint density at radius 3 is 2.73 bits per heavy atom. The number of nitrogens with one attached hydrogen (secondary N) is 1. The van der Waals surface area contributed by atoms with Crippen molar-refractivity contribution in [3.8, 4) is 5.69 Å². The van der Waals surface area contributed by atoms with Gasteiger partial charge in [-0.3, -0.25) is 14.2 Å². The quantitative estimate of drug-likeness (QED) is 0.721.